The Morgan fingerprint density at radius 3 is 2.33 bits per heavy atom. The lowest BCUT2D eigenvalue weighted by Gasteiger charge is -2.36. The first-order valence-electron chi connectivity index (χ1n) is 9.13. The van der Waals surface area contributed by atoms with Gasteiger partial charge in [-0.15, -0.1) is 0 Å². The first-order chi connectivity index (χ1) is 13.3. The SMILES string of the molecule is O=C(NCc1cc(-c2ccccc2)no1)N1CCN(c2ccccc2)CC1. The standard InChI is InChI=1S/C21H22N4O2/c26-21(25-13-11-24(12-14-25)18-9-5-2-6-10-18)22-16-19-15-20(23-27-19)17-7-3-1-4-8-17/h1-10,15H,11-14,16H2,(H,22,26). The van der Waals surface area contributed by atoms with Gasteiger partial charge in [0.05, 0.1) is 6.54 Å². The van der Waals surface area contributed by atoms with E-state index in [-0.39, 0.29) is 6.03 Å². The molecule has 0 aliphatic carbocycles. The molecule has 2 heterocycles. The van der Waals surface area contributed by atoms with Gasteiger partial charge in [-0.2, -0.15) is 0 Å². The van der Waals surface area contributed by atoms with Crippen LogP contribution in [0.3, 0.4) is 0 Å². The fraction of sp³-hybridized carbons (Fsp3) is 0.238. The van der Waals surface area contributed by atoms with Gasteiger partial charge in [-0.3, -0.25) is 0 Å². The molecule has 2 aromatic carbocycles. The zero-order valence-electron chi connectivity index (χ0n) is 15.0. The van der Waals surface area contributed by atoms with Crippen LogP contribution in [-0.4, -0.2) is 42.3 Å². The zero-order valence-corrected chi connectivity index (χ0v) is 15.0. The van der Waals surface area contributed by atoms with E-state index in [1.807, 2.05) is 59.5 Å². The second kappa shape index (κ2) is 7.95. The van der Waals surface area contributed by atoms with Crippen molar-refractivity contribution in [1.29, 1.82) is 0 Å². The van der Waals surface area contributed by atoms with Gasteiger partial charge in [0.25, 0.3) is 0 Å². The molecule has 0 atom stereocenters. The molecule has 1 aliphatic heterocycles. The van der Waals surface area contributed by atoms with E-state index in [0.29, 0.717) is 25.4 Å². The Morgan fingerprint density at radius 2 is 1.63 bits per heavy atom. The van der Waals surface area contributed by atoms with Crippen LogP contribution < -0.4 is 10.2 Å². The van der Waals surface area contributed by atoms with E-state index in [1.165, 1.54) is 5.69 Å². The van der Waals surface area contributed by atoms with Crippen LogP contribution in [0.5, 0.6) is 0 Å². The summed E-state index contributed by atoms with van der Waals surface area (Å²) < 4.78 is 5.34. The minimum Gasteiger partial charge on any atom is -0.368 e. The highest BCUT2D eigenvalue weighted by Crippen LogP contribution is 2.19. The fourth-order valence-corrected chi connectivity index (χ4v) is 3.22. The summed E-state index contributed by atoms with van der Waals surface area (Å²) in [5.74, 6) is 0.644. The van der Waals surface area contributed by atoms with Gasteiger partial charge < -0.3 is 19.6 Å². The van der Waals surface area contributed by atoms with Gasteiger partial charge in [-0.05, 0) is 12.1 Å². The van der Waals surface area contributed by atoms with Crippen LogP contribution in [0.25, 0.3) is 11.3 Å². The second-order valence-corrected chi connectivity index (χ2v) is 6.51. The molecule has 0 saturated carbocycles. The number of hydrogen-bond acceptors (Lipinski definition) is 4. The summed E-state index contributed by atoms with van der Waals surface area (Å²) in [5, 5.41) is 7.00. The van der Waals surface area contributed by atoms with Crippen molar-refractivity contribution in [3.05, 3.63) is 72.5 Å². The molecule has 27 heavy (non-hydrogen) atoms. The third-order valence-corrected chi connectivity index (χ3v) is 4.73. The fourth-order valence-electron chi connectivity index (χ4n) is 3.22. The van der Waals surface area contributed by atoms with Crippen molar-refractivity contribution < 1.29 is 9.32 Å². The largest absolute Gasteiger partial charge is 0.368 e. The van der Waals surface area contributed by atoms with E-state index >= 15 is 0 Å². The average molecular weight is 362 g/mol. The molecule has 138 valence electrons. The number of nitrogens with one attached hydrogen (secondary N) is 1. The van der Waals surface area contributed by atoms with Crippen molar-refractivity contribution >= 4 is 11.7 Å². The molecule has 2 amide bonds. The maximum Gasteiger partial charge on any atom is 0.317 e. The number of nitrogens with zero attached hydrogens (tertiary/aromatic N) is 3. The molecule has 0 bridgehead atoms. The molecular formula is C21H22N4O2. The Labute approximate surface area is 158 Å². The first-order valence-corrected chi connectivity index (χ1v) is 9.13. The van der Waals surface area contributed by atoms with Gasteiger partial charge in [0.15, 0.2) is 5.76 Å². The molecule has 1 aliphatic rings. The van der Waals surface area contributed by atoms with Gasteiger partial charge in [0, 0.05) is 43.5 Å². The number of benzene rings is 2. The third-order valence-electron chi connectivity index (χ3n) is 4.73. The number of amides is 2. The number of anilines is 1. The van der Waals surface area contributed by atoms with E-state index in [0.717, 1.165) is 24.3 Å². The average Bonchev–Trinajstić information content (AvgIpc) is 3.22. The second-order valence-electron chi connectivity index (χ2n) is 6.51. The molecule has 0 unspecified atom stereocenters. The van der Waals surface area contributed by atoms with Crippen molar-refractivity contribution in [2.24, 2.45) is 0 Å². The molecule has 6 nitrogen and oxygen atoms in total. The Hall–Kier alpha value is -3.28. The van der Waals surface area contributed by atoms with E-state index in [1.54, 1.807) is 0 Å². The Balaban J connectivity index is 1.27. The quantitative estimate of drug-likeness (QED) is 0.773. The first kappa shape index (κ1) is 17.1. The number of hydrogen-bond donors (Lipinski definition) is 1. The molecule has 3 aromatic rings. The summed E-state index contributed by atoms with van der Waals surface area (Å²) in [5.41, 5.74) is 2.97. The van der Waals surface area contributed by atoms with Crippen LogP contribution in [0.4, 0.5) is 10.5 Å². The number of piperazine rings is 1. The maximum atomic E-state index is 12.4. The Bertz CT molecular complexity index is 871. The molecule has 0 radical (unpaired) electrons. The van der Waals surface area contributed by atoms with E-state index in [4.69, 9.17) is 4.52 Å². The Morgan fingerprint density at radius 1 is 0.963 bits per heavy atom. The summed E-state index contributed by atoms with van der Waals surface area (Å²) in [6, 6.07) is 21.9. The van der Waals surface area contributed by atoms with Crippen molar-refractivity contribution in [3.8, 4) is 11.3 Å². The predicted molar refractivity (Wildman–Crippen MR) is 104 cm³/mol. The molecule has 1 N–H and O–H groups in total. The van der Waals surface area contributed by atoms with Crippen molar-refractivity contribution in [1.82, 2.24) is 15.4 Å². The predicted octanol–water partition coefficient (Wildman–Crippen LogP) is 3.37. The van der Waals surface area contributed by atoms with Gasteiger partial charge in [-0.25, -0.2) is 4.79 Å². The number of carbonyl (C=O) groups is 1. The molecular weight excluding hydrogens is 340 g/mol. The highest BCUT2D eigenvalue weighted by atomic mass is 16.5. The van der Waals surface area contributed by atoms with Gasteiger partial charge in [0.2, 0.25) is 0 Å². The highest BCUT2D eigenvalue weighted by molar-refractivity contribution is 5.74. The van der Waals surface area contributed by atoms with Crippen LogP contribution in [0, 0.1) is 0 Å². The number of aromatic nitrogens is 1. The summed E-state index contributed by atoms with van der Waals surface area (Å²) in [7, 11) is 0. The lowest BCUT2D eigenvalue weighted by atomic mass is 10.1. The summed E-state index contributed by atoms with van der Waals surface area (Å²) in [4.78, 5) is 16.6. The van der Waals surface area contributed by atoms with Crippen LogP contribution in [0.2, 0.25) is 0 Å². The van der Waals surface area contributed by atoms with E-state index < -0.39 is 0 Å². The van der Waals surface area contributed by atoms with Crippen LogP contribution in [0.15, 0.2) is 71.3 Å². The third kappa shape index (κ3) is 4.11. The van der Waals surface area contributed by atoms with Gasteiger partial charge in [-0.1, -0.05) is 53.7 Å². The number of rotatable bonds is 4. The van der Waals surface area contributed by atoms with Crippen molar-refractivity contribution in [2.75, 3.05) is 31.1 Å². The van der Waals surface area contributed by atoms with Gasteiger partial charge in [0.1, 0.15) is 5.69 Å². The molecule has 6 heteroatoms. The molecule has 0 spiro atoms. The number of carbonyl (C=O) groups excluding carboxylic acids is 1. The highest BCUT2D eigenvalue weighted by Gasteiger charge is 2.21. The number of para-hydroxylation sites is 1. The van der Waals surface area contributed by atoms with Crippen molar-refractivity contribution in [2.45, 2.75) is 6.54 Å². The van der Waals surface area contributed by atoms with Gasteiger partial charge >= 0.3 is 6.03 Å². The smallest absolute Gasteiger partial charge is 0.317 e. The van der Waals surface area contributed by atoms with Crippen molar-refractivity contribution in [3.63, 3.8) is 0 Å². The maximum absolute atomic E-state index is 12.4. The normalized spacial score (nSPS) is 14.2. The molecule has 4 rings (SSSR count). The minimum absolute atomic E-state index is 0.0691. The monoisotopic (exact) mass is 362 g/mol. The summed E-state index contributed by atoms with van der Waals surface area (Å²) >= 11 is 0. The van der Waals surface area contributed by atoms with E-state index in [2.05, 4.69) is 27.5 Å². The summed E-state index contributed by atoms with van der Waals surface area (Å²) in [6.45, 7) is 3.39. The summed E-state index contributed by atoms with van der Waals surface area (Å²) in [6.07, 6.45) is 0. The topological polar surface area (TPSA) is 61.6 Å². The zero-order chi connectivity index (χ0) is 18.5. The minimum atomic E-state index is -0.0691. The molecule has 1 fully saturated rings. The molecule has 1 saturated heterocycles. The molecule has 1 aromatic heterocycles. The van der Waals surface area contributed by atoms with E-state index in [9.17, 15) is 4.79 Å². The van der Waals surface area contributed by atoms with Crippen LogP contribution in [0.1, 0.15) is 5.76 Å². The lowest BCUT2D eigenvalue weighted by molar-refractivity contribution is 0.192. The Kier molecular flexibility index (Phi) is 5.05. The lowest BCUT2D eigenvalue weighted by Crippen LogP contribution is -2.51. The van der Waals surface area contributed by atoms with Crippen LogP contribution >= 0.6 is 0 Å². The number of urea groups is 1. The van der Waals surface area contributed by atoms with Crippen LogP contribution in [-0.2, 0) is 6.54 Å².